The first-order valence-corrected chi connectivity index (χ1v) is 7.72. The van der Waals surface area contributed by atoms with E-state index in [4.69, 9.17) is 0 Å². The molecule has 1 rings (SSSR count). The second kappa shape index (κ2) is 7.64. The summed E-state index contributed by atoms with van der Waals surface area (Å²) < 4.78 is 0. The highest BCUT2D eigenvalue weighted by atomic mass is 16.4. The summed E-state index contributed by atoms with van der Waals surface area (Å²) in [4.78, 5) is 24.9. The zero-order valence-corrected chi connectivity index (χ0v) is 13.3. The third-order valence-electron chi connectivity index (χ3n) is 3.99. The van der Waals surface area contributed by atoms with E-state index in [2.05, 4.69) is 5.32 Å². The Morgan fingerprint density at radius 3 is 2.43 bits per heavy atom. The molecule has 0 aromatic heterocycles. The number of aliphatic hydroxyl groups is 1. The van der Waals surface area contributed by atoms with Gasteiger partial charge in [-0.1, -0.05) is 12.8 Å². The lowest BCUT2D eigenvalue weighted by Gasteiger charge is -2.31. The van der Waals surface area contributed by atoms with E-state index in [0.29, 0.717) is 19.5 Å². The van der Waals surface area contributed by atoms with Crippen LogP contribution in [0.15, 0.2) is 0 Å². The Bertz CT molecular complexity index is 365. The number of carboxylic acid groups (broad SMARTS) is 1. The van der Waals surface area contributed by atoms with Crippen molar-refractivity contribution < 1.29 is 19.8 Å². The Kier molecular flexibility index (Phi) is 6.45. The van der Waals surface area contributed by atoms with Crippen LogP contribution < -0.4 is 5.32 Å². The van der Waals surface area contributed by atoms with Crippen molar-refractivity contribution in [3.63, 3.8) is 0 Å². The molecule has 0 radical (unpaired) electrons. The maximum atomic E-state index is 12.1. The van der Waals surface area contributed by atoms with Crippen molar-refractivity contribution in [3.05, 3.63) is 0 Å². The Morgan fingerprint density at radius 1 is 1.29 bits per heavy atom. The van der Waals surface area contributed by atoms with E-state index in [1.165, 1.54) is 0 Å². The molecule has 2 unspecified atom stereocenters. The van der Waals surface area contributed by atoms with Crippen LogP contribution in [-0.4, -0.2) is 52.3 Å². The minimum atomic E-state index is -0.943. The van der Waals surface area contributed by atoms with Gasteiger partial charge in [0, 0.05) is 13.1 Å². The Labute approximate surface area is 126 Å². The van der Waals surface area contributed by atoms with E-state index < -0.39 is 11.6 Å². The van der Waals surface area contributed by atoms with Gasteiger partial charge in [-0.2, -0.15) is 0 Å². The second-order valence-corrected chi connectivity index (χ2v) is 6.50. The summed E-state index contributed by atoms with van der Waals surface area (Å²) in [7, 11) is 0. The molecule has 21 heavy (non-hydrogen) atoms. The van der Waals surface area contributed by atoms with Gasteiger partial charge < -0.3 is 20.4 Å². The number of amides is 2. The van der Waals surface area contributed by atoms with Crippen molar-refractivity contribution in [1.82, 2.24) is 10.2 Å². The van der Waals surface area contributed by atoms with Crippen molar-refractivity contribution >= 4 is 12.0 Å². The normalized spacial score (nSPS) is 22.7. The quantitative estimate of drug-likeness (QED) is 0.696. The Balaban J connectivity index is 2.51. The largest absolute Gasteiger partial charge is 0.481 e. The van der Waals surface area contributed by atoms with Crippen LogP contribution in [0.5, 0.6) is 0 Å². The summed E-state index contributed by atoms with van der Waals surface area (Å²) >= 11 is 0. The van der Waals surface area contributed by atoms with E-state index in [-0.39, 0.29) is 24.4 Å². The number of nitrogens with one attached hydrogen (secondary N) is 1. The number of carbonyl (C=O) groups is 2. The minimum Gasteiger partial charge on any atom is -0.481 e. The van der Waals surface area contributed by atoms with E-state index in [9.17, 15) is 19.8 Å². The van der Waals surface area contributed by atoms with Gasteiger partial charge >= 0.3 is 12.0 Å². The van der Waals surface area contributed by atoms with Gasteiger partial charge in [-0.25, -0.2) is 4.79 Å². The standard InChI is InChI=1S/C15H28N2O4/c1-4-17(10-15(2,3)21)14(20)16-9-11-7-5-6-8-12(11)13(18)19/h11-12,21H,4-10H2,1-3H3,(H,16,20)(H,18,19). The number of aliphatic carboxylic acids is 1. The minimum absolute atomic E-state index is 0.000966. The Hall–Kier alpha value is -1.30. The number of carbonyl (C=O) groups excluding carboxylic acids is 1. The van der Waals surface area contributed by atoms with Crippen LogP contribution in [0.1, 0.15) is 46.5 Å². The van der Waals surface area contributed by atoms with Crippen LogP contribution in [0.2, 0.25) is 0 Å². The first kappa shape index (κ1) is 17.8. The zero-order valence-electron chi connectivity index (χ0n) is 13.3. The van der Waals surface area contributed by atoms with Gasteiger partial charge in [-0.15, -0.1) is 0 Å². The molecule has 0 aliphatic heterocycles. The molecule has 1 saturated carbocycles. The smallest absolute Gasteiger partial charge is 0.317 e. The third kappa shape index (κ3) is 5.91. The summed E-state index contributed by atoms with van der Waals surface area (Å²) in [6, 6.07) is -0.241. The van der Waals surface area contributed by atoms with E-state index in [1.54, 1.807) is 18.7 Å². The van der Waals surface area contributed by atoms with E-state index in [1.807, 2.05) is 6.92 Å². The first-order valence-electron chi connectivity index (χ1n) is 7.72. The third-order valence-corrected chi connectivity index (χ3v) is 3.99. The van der Waals surface area contributed by atoms with Gasteiger partial charge in [0.2, 0.25) is 0 Å². The van der Waals surface area contributed by atoms with Crippen LogP contribution in [0.3, 0.4) is 0 Å². The van der Waals surface area contributed by atoms with Gasteiger partial charge in [0.1, 0.15) is 0 Å². The highest BCUT2D eigenvalue weighted by Gasteiger charge is 2.31. The van der Waals surface area contributed by atoms with Crippen molar-refractivity contribution in [1.29, 1.82) is 0 Å². The first-order chi connectivity index (χ1) is 9.74. The monoisotopic (exact) mass is 300 g/mol. The lowest BCUT2D eigenvalue weighted by Crippen LogP contribution is -2.48. The fourth-order valence-electron chi connectivity index (χ4n) is 2.90. The average molecular weight is 300 g/mol. The fourth-order valence-corrected chi connectivity index (χ4v) is 2.90. The molecule has 0 saturated heterocycles. The SMILES string of the molecule is CCN(CC(C)(C)O)C(=O)NCC1CCCCC1C(=O)O. The predicted molar refractivity (Wildman–Crippen MR) is 80.0 cm³/mol. The molecule has 0 spiro atoms. The molecular weight excluding hydrogens is 272 g/mol. The van der Waals surface area contributed by atoms with E-state index >= 15 is 0 Å². The average Bonchev–Trinajstić information content (AvgIpc) is 2.41. The summed E-state index contributed by atoms with van der Waals surface area (Å²) in [6.07, 6.45) is 3.50. The number of hydrogen-bond donors (Lipinski definition) is 3. The summed E-state index contributed by atoms with van der Waals surface area (Å²) in [5.74, 6) is -1.12. The van der Waals surface area contributed by atoms with Crippen molar-refractivity contribution in [2.24, 2.45) is 11.8 Å². The topological polar surface area (TPSA) is 89.9 Å². The molecular formula is C15H28N2O4. The highest BCUT2D eigenvalue weighted by molar-refractivity contribution is 5.74. The predicted octanol–water partition coefficient (Wildman–Crippen LogP) is 1.68. The molecule has 6 heteroatoms. The number of urea groups is 1. The highest BCUT2D eigenvalue weighted by Crippen LogP contribution is 2.29. The number of nitrogens with zero attached hydrogens (tertiary/aromatic N) is 1. The number of carboxylic acids is 1. The Morgan fingerprint density at radius 2 is 1.90 bits per heavy atom. The summed E-state index contributed by atoms with van der Waals surface area (Å²) in [6.45, 7) is 6.31. The molecule has 1 aliphatic rings. The second-order valence-electron chi connectivity index (χ2n) is 6.50. The van der Waals surface area contributed by atoms with Gasteiger partial charge in [0.15, 0.2) is 0 Å². The number of likely N-dealkylation sites (N-methyl/N-ethyl adjacent to an activating group) is 1. The summed E-state index contributed by atoms with van der Waals surface area (Å²) in [5, 5.41) is 21.8. The molecule has 3 N–H and O–H groups in total. The zero-order chi connectivity index (χ0) is 16.0. The molecule has 0 heterocycles. The van der Waals surface area contributed by atoms with Gasteiger partial charge in [-0.05, 0) is 39.5 Å². The van der Waals surface area contributed by atoms with E-state index in [0.717, 1.165) is 19.3 Å². The summed E-state index contributed by atoms with van der Waals surface area (Å²) in [5.41, 5.74) is -0.943. The van der Waals surface area contributed by atoms with Crippen LogP contribution in [0.4, 0.5) is 4.79 Å². The molecule has 0 bridgehead atoms. The maximum absolute atomic E-state index is 12.1. The maximum Gasteiger partial charge on any atom is 0.317 e. The molecule has 1 aliphatic carbocycles. The van der Waals surface area contributed by atoms with Crippen LogP contribution >= 0.6 is 0 Å². The fraction of sp³-hybridized carbons (Fsp3) is 0.867. The molecule has 0 aromatic rings. The number of rotatable bonds is 6. The van der Waals surface area contributed by atoms with Gasteiger partial charge in [0.05, 0.1) is 18.1 Å². The van der Waals surface area contributed by atoms with Crippen LogP contribution in [0.25, 0.3) is 0 Å². The van der Waals surface area contributed by atoms with Crippen LogP contribution in [0, 0.1) is 11.8 Å². The molecule has 2 amide bonds. The molecule has 0 aromatic carbocycles. The lowest BCUT2D eigenvalue weighted by molar-refractivity contribution is -0.144. The molecule has 6 nitrogen and oxygen atoms in total. The van der Waals surface area contributed by atoms with Gasteiger partial charge in [-0.3, -0.25) is 4.79 Å². The van der Waals surface area contributed by atoms with Crippen molar-refractivity contribution in [2.45, 2.75) is 52.1 Å². The number of hydrogen-bond acceptors (Lipinski definition) is 3. The van der Waals surface area contributed by atoms with Gasteiger partial charge in [0.25, 0.3) is 0 Å². The van der Waals surface area contributed by atoms with Crippen LogP contribution in [-0.2, 0) is 4.79 Å². The lowest BCUT2D eigenvalue weighted by atomic mass is 9.79. The molecule has 122 valence electrons. The molecule has 1 fully saturated rings. The van der Waals surface area contributed by atoms with Crippen molar-refractivity contribution in [2.75, 3.05) is 19.6 Å². The van der Waals surface area contributed by atoms with Crippen molar-refractivity contribution in [3.8, 4) is 0 Å². The molecule has 2 atom stereocenters.